The first-order valence-corrected chi connectivity index (χ1v) is 13.9. The number of hydrogen-bond donors (Lipinski definition) is 7. The third-order valence-corrected chi connectivity index (χ3v) is 7.80. The summed E-state index contributed by atoms with van der Waals surface area (Å²) in [7, 11) is 0. The molecular formula is C30H34N6O6. The van der Waals surface area contributed by atoms with Gasteiger partial charge in [0.25, 0.3) is 0 Å². The number of aliphatic carboxylic acids is 1. The van der Waals surface area contributed by atoms with E-state index in [4.69, 9.17) is 5.73 Å². The van der Waals surface area contributed by atoms with Gasteiger partial charge in [0.05, 0.1) is 6.61 Å². The van der Waals surface area contributed by atoms with E-state index in [-0.39, 0.29) is 19.4 Å². The van der Waals surface area contributed by atoms with Crippen LogP contribution >= 0.6 is 0 Å². The van der Waals surface area contributed by atoms with Crippen molar-refractivity contribution in [2.75, 3.05) is 13.2 Å². The molecule has 220 valence electrons. The Morgan fingerprint density at radius 1 is 0.881 bits per heavy atom. The number of aromatic amines is 2. The quantitative estimate of drug-likeness (QED) is 0.138. The number of amides is 3. The number of carbonyl (C=O) groups excluding carboxylic acids is 3. The second kappa shape index (κ2) is 12.5. The molecule has 12 heteroatoms. The number of carboxylic acid groups (broad SMARTS) is 1. The summed E-state index contributed by atoms with van der Waals surface area (Å²) in [5.74, 6) is -2.96. The predicted octanol–water partition coefficient (Wildman–Crippen LogP) is 0.799. The van der Waals surface area contributed by atoms with Gasteiger partial charge in [0.1, 0.15) is 24.2 Å². The lowest BCUT2D eigenvalue weighted by atomic mass is 10.0. The normalized spacial score (nSPS) is 17.2. The first-order valence-electron chi connectivity index (χ1n) is 13.9. The highest BCUT2D eigenvalue weighted by atomic mass is 16.4. The summed E-state index contributed by atoms with van der Waals surface area (Å²) >= 11 is 0. The van der Waals surface area contributed by atoms with E-state index < -0.39 is 54.5 Å². The molecule has 0 spiro atoms. The molecule has 1 aliphatic heterocycles. The summed E-state index contributed by atoms with van der Waals surface area (Å²) in [4.78, 5) is 59.9. The molecule has 2 aromatic heterocycles. The van der Waals surface area contributed by atoms with Gasteiger partial charge in [-0.1, -0.05) is 36.4 Å². The Labute approximate surface area is 241 Å². The maximum absolute atomic E-state index is 13.9. The summed E-state index contributed by atoms with van der Waals surface area (Å²) < 4.78 is 0. The van der Waals surface area contributed by atoms with E-state index in [0.29, 0.717) is 12.8 Å². The average Bonchev–Trinajstić information content (AvgIpc) is 3.75. The molecule has 3 heterocycles. The van der Waals surface area contributed by atoms with Crippen molar-refractivity contribution in [3.05, 3.63) is 72.1 Å². The molecule has 4 atom stereocenters. The second-order valence-corrected chi connectivity index (χ2v) is 10.6. The van der Waals surface area contributed by atoms with Gasteiger partial charge in [-0.15, -0.1) is 0 Å². The monoisotopic (exact) mass is 574 g/mol. The lowest BCUT2D eigenvalue weighted by molar-refractivity contribution is -0.149. The number of nitrogens with two attached hydrogens (primary N) is 1. The second-order valence-electron chi connectivity index (χ2n) is 10.6. The van der Waals surface area contributed by atoms with Gasteiger partial charge in [0.2, 0.25) is 17.7 Å². The Kier molecular flexibility index (Phi) is 8.55. The van der Waals surface area contributed by atoms with Crippen molar-refractivity contribution in [3.63, 3.8) is 0 Å². The maximum atomic E-state index is 13.9. The van der Waals surface area contributed by atoms with Crippen molar-refractivity contribution in [2.24, 2.45) is 5.73 Å². The number of hydrogen-bond acceptors (Lipinski definition) is 6. The molecule has 8 N–H and O–H groups in total. The van der Waals surface area contributed by atoms with E-state index in [1.165, 1.54) is 4.90 Å². The zero-order chi connectivity index (χ0) is 29.8. The molecule has 42 heavy (non-hydrogen) atoms. The van der Waals surface area contributed by atoms with Gasteiger partial charge in [-0.2, -0.15) is 0 Å². The molecule has 0 aliphatic carbocycles. The number of rotatable bonds is 11. The third kappa shape index (κ3) is 5.99. The Bertz CT molecular complexity index is 1610. The molecule has 1 fully saturated rings. The predicted molar refractivity (Wildman–Crippen MR) is 155 cm³/mol. The minimum absolute atomic E-state index is 0.0786. The molecule has 1 aliphatic rings. The third-order valence-electron chi connectivity index (χ3n) is 7.80. The number of aliphatic hydroxyl groups is 1. The Morgan fingerprint density at radius 2 is 1.43 bits per heavy atom. The van der Waals surface area contributed by atoms with E-state index in [0.717, 1.165) is 32.9 Å². The van der Waals surface area contributed by atoms with Gasteiger partial charge in [0.15, 0.2) is 0 Å². The highest BCUT2D eigenvalue weighted by molar-refractivity contribution is 5.95. The van der Waals surface area contributed by atoms with Crippen LogP contribution in [0.15, 0.2) is 60.9 Å². The number of carbonyl (C=O) groups is 4. The van der Waals surface area contributed by atoms with Crippen LogP contribution in [0.2, 0.25) is 0 Å². The molecule has 0 bridgehead atoms. The van der Waals surface area contributed by atoms with Gasteiger partial charge < -0.3 is 41.4 Å². The van der Waals surface area contributed by atoms with Gasteiger partial charge in [0, 0.05) is 53.6 Å². The molecule has 4 aromatic rings. The standard InChI is InChI=1S/C30H34N6O6/c31-21(16-37)27(38)34-24(12-17-14-32-22-8-3-1-6-19(17)22)28(39)35-25(29(40)36-11-5-10-26(36)30(41)42)13-18-15-33-23-9-4-2-7-20(18)23/h1-4,6-9,14-15,21,24-26,32-33,37H,5,10-13,16,31H2,(H,34,38)(H,35,39)(H,41,42). The Morgan fingerprint density at radius 3 is 2.00 bits per heavy atom. The number of para-hydroxylation sites is 2. The van der Waals surface area contributed by atoms with Crippen molar-refractivity contribution in [1.82, 2.24) is 25.5 Å². The number of benzene rings is 2. The lowest BCUT2D eigenvalue weighted by Crippen LogP contribution is -2.58. The van der Waals surface area contributed by atoms with E-state index in [9.17, 15) is 29.4 Å². The van der Waals surface area contributed by atoms with Crippen LogP contribution in [0.4, 0.5) is 0 Å². The first-order chi connectivity index (χ1) is 20.3. The highest BCUT2D eigenvalue weighted by Gasteiger charge is 2.39. The van der Waals surface area contributed by atoms with E-state index in [2.05, 4.69) is 20.6 Å². The van der Waals surface area contributed by atoms with Gasteiger partial charge in [-0.3, -0.25) is 14.4 Å². The SMILES string of the molecule is NC(CO)C(=O)NC(Cc1c[nH]c2ccccc12)C(=O)NC(Cc1c[nH]c2ccccc12)C(=O)N1CCCC1C(=O)O. The molecule has 4 unspecified atom stereocenters. The smallest absolute Gasteiger partial charge is 0.326 e. The van der Waals surface area contributed by atoms with Crippen LogP contribution < -0.4 is 16.4 Å². The van der Waals surface area contributed by atoms with Crippen LogP contribution in [-0.4, -0.2) is 86.1 Å². The summed E-state index contributed by atoms with van der Waals surface area (Å²) in [5, 5.41) is 26.3. The minimum atomic E-state index is -1.24. The number of aliphatic hydroxyl groups excluding tert-OH is 1. The lowest BCUT2D eigenvalue weighted by Gasteiger charge is -2.29. The van der Waals surface area contributed by atoms with Crippen molar-refractivity contribution in [1.29, 1.82) is 0 Å². The van der Waals surface area contributed by atoms with Gasteiger partial charge >= 0.3 is 5.97 Å². The van der Waals surface area contributed by atoms with Crippen LogP contribution in [0.5, 0.6) is 0 Å². The molecule has 1 saturated heterocycles. The summed E-state index contributed by atoms with van der Waals surface area (Å²) in [6.45, 7) is -0.350. The van der Waals surface area contributed by atoms with E-state index >= 15 is 0 Å². The van der Waals surface area contributed by atoms with Crippen molar-refractivity contribution >= 4 is 45.5 Å². The summed E-state index contributed by atoms with van der Waals surface area (Å²) in [6.07, 6.45) is 4.55. The molecular weight excluding hydrogens is 540 g/mol. The molecule has 3 amide bonds. The topological polar surface area (TPSA) is 194 Å². The zero-order valence-electron chi connectivity index (χ0n) is 22.9. The van der Waals surface area contributed by atoms with Gasteiger partial charge in [-0.25, -0.2) is 4.79 Å². The number of carboxylic acids is 1. The highest BCUT2D eigenvalue weighted by Crippen LogP contribution is 2.24. The maximum Gasteiger partial charge on any atom is 0.326 e. The number of aromatic nitrogens is 2. The fourth-order valence-corrected chi connectivity index (χ4v) is 5.57. The van der Waals surface area contributed by atoms with Crippen LogP contribution in [-0.2, 0) is 32.0 Å². The fourth-order valence-electron chi connectivity index (χ4n) is 5.57. The first kappa shape index (κ1) is 28.8. The van der Waals surface area contributed by atoms with Crippen molar-refractivity contribution in [3.8, 4) is 0 Å². The van der Waals surface area contributed by atoms with Crippen LogP contribution in [0.3, 0.4) is 0 Å². The van der Waals surface area contributed by atoms with E-state index in [1.807, 2.05) is 48.5 Å². The average molecular weight is 575 g/mol. The number of H-pyrrole nitrogens is 2. The Hall–Kier alpha value is -4.68. The number of nitrogens with one attached hydrogen (secondary N) is 4. The van der Waals surface area contributed by atoms with Crippen molar-refractivity contribution < 1.29 is 29.4 Å². The number of likely N-dealkylation sites (tertiary alicyclic amines) is 1. The summed E-state index contributed by atoms with van der Waals surface area (Å²) in [5.41, 5.74) is 8.97. The number of nitrogens with zero attached hydrogens (tertiary/aromatic N) is 1. The molecule has 0 saturated carbocycles. The minimum Gasteiger partial charge on any atom is -0.480 e. The Balaban J connectivity index is 1.45. The largest absolute Gasteiger partial charge is 0.480 e. The summed E-state index contributed by atoms with van der Waals surface area (Å²) in [6, 6.07) is 10.6. The van der Waals surface area contributed by atoms with Crippen LogP contribution in [0.1, 0.15) is 24.0 Å². The van der Waals surface area contributed by atoms with Gasteiger partial charge in [-0.05, 0) is 36.1 Å². The zero-order valence-corrected chi connectivity index (χ0v) is 22.9. The van der Waals surface area contributed by atoms with Crippen molar-refractivity contribution in [2.45, 2.75) is 49.9 Å². The molecule has 5 rings (SSSR count). The molecule has 0 radical (unpaired) electrons. The molecule has 2 aromatic carbocycles. The van der Waals surface area contributed by atoms with E-state index in [1.54, 1.807) is 12.4 Å². The fraction of sp³-hybridized carbons (Fsp3) is 0.333. The van der Waals surface area contributed by atoms with Crippen LogP contribution in [0, 0.1) is 0 Å². The number of fused-ring (bicyclic) bond motifs is 2. The van der Waals surface area contributed by atoms with Crippen LogP contribution in [0.25, 0.3) is 21.8 Å². The molecule has 12 nitrogen and oxygen atoms in total.